The maximum Gasteiger partial charge on any atom is 0.262 e. The summed E-state index contributed by atoms with van der Waals surface area (Å²) in [6, 6.07) is 4.93. The number of carbonyl (C=O) groups excluding carboxylic acids is 2. The lowest BCUT2D eigenvalue weighted by Crippen LogP contribution is -2.41. The normalized spacial score (nSPS) is 15.2. The molecular weight excluding hydrogens is 368 g/mol. The van der Waals surface area contributed by atoms with Gasteiger partial charge in [0, 0.05) is 31.7 Å². The number of ether oxygens (including phenoxy) is 1. The minimum absolute atomic E-state index is 0.136. The topological polar surface area (TPSA) is 110 Å². The summed E-state index contributed by atoms with van der Waals surface area (Å²) < 4.78 is 6.74. The summed E-state index contributed by atoms with van der Waals surface area (Å²) in [4.78, 5) is 41.4. The highest BCUT2D eigenvalue weighted by Crippen LogP contribution is 2.20. The molecule has 0 spiro atoms. The lowest BCUT2D eigenvalue weighted by molar-refractivity contribution is -0.123. The summed E-state index contributed by atoms with van der Waals surface area (Å²) in [5.74, 6) is -0.625. The van der Waals surface area contributed by atoms with Gasteiger partial charge in [0.1, 0.15) is 0 Å². The first-order valence-electron chi connectivity index (χ1n) is 8.76. The van der Waals surface area contributed by atoms with Crippen molar-refractivity contribution in [2.45, 2.75) is 19.4 Å². The molecule has 2 amide bonds. The van der Waals surface area contributed by atoms with Crippen molar-refractivity contribution in [2.75, 3.05) is 26.8 Å². The van der Waals surface area contributed by atoms with Gasteiger partial charge in [0.05, 0.1) is 24.1 Å². The Kier molecular flexibility index (Phi) is 5.71. The second-order valence-electron chi connectivity index (χ2n) is 6.61. The molecule has 1 fully saturated rings. The number of aromatic amines is 1. The van der Waals surface area contributed by atoms with E-state index in [4.69, 9.17) is 22.7 Å². The number of amides is 2. The predicted molar refractivity (Wildman–Crippen MR) is 103 cm³/mol. The molecule has 8 nitrogen and oxygen atoms in total. The molecule has 3 N–H and O–H groups in total. The van der Waals surface area contributed by atoms with Crippen molar-refractivity contribution in [3.05, 3.63) is 38.9 Å². The van der Waals surface area contributed by atoms with Crippen LogP contribution >= 0.6 is 12.2 Å². The first-order valence-corrected chi connectivity index (χ1v) is 9.17. The fraction of sp³-hybridized carbons (Fsp3) is 0.444. The van der Waals surface area contributed by atoms with E-state index in [-0.39, 0.29) is 28.1 Å². The van der Waals surface area contributed by atoms with E-state index in [0.717, 1.165) is 0 Å². The zero-order chi connectivity index (χ0) is 19.6. The molecule has 0 atom stereocenters. The molecule has 0 radical (unpaired) electrons. The van der Waals surface area contributed by atoms with Gasteiger partial charge >= 0.3 is 0 Å². The summed E-state index contributed by atoms with van der Waals surface area (Å²) in [5, 5.41) is 0.462. The Labute approximate surface area is 160 Å². The zero-order valence-corrected chi connectivity index (χ0v) is 15.9. The third-order valence-electron chi connectivity index (χ3n) is 4.93. The number of hydrogen-bond acceptors (Lipinski definition) is 5. The minimum atomic E-state index is -0.315. The quantitative estimate of drug-likeness (QED) is 0.741. The van der Waals surface area contributed by atoms with Gasteiger partial charge in [-0.3, -0.25) is 19.0 Å². The summed E-state index contributed by atoms with van der Waals surface area (Å²) in [7, 11) is 1.56. The second kappa shape index (κ2) is 8.01. The molecule has 1 aliphatic heterocycles. The van der Waals surface area contributed by atoms with Gasteiger partial charge in [-0.2, -0.15) is 0 Å². The average Bonchev–Trinajstić information content (AvgIpc) is 2.67. The molecule has 0 unspecified atom stereocenters. The maximum absolute atomic E-state index is 12.8. The van der Waals surface area contributed by atoms with Crippen LogP contribution in [0.1, 0.15) is 23.2 Å². The molecule has 0 saturated carbocycles. The number of H-pyrrole nitrogens is 1. The molecule has 144 valence electrons. The molecule has 1 saturated heterocycles. The van der Waals surface area contributed by atoms with Crippen molar-refractivity contribution in [3.63, 3.8) is 0 Å². The van der Waals surface area contributed by atoms with Crippen LogP contribution in [0.15, 0.2) is 23.0 Å². The highest BCUT2D eigenvalue weighted by molar-refractivity contribution is 7.71. The lowest BCUT2D eigenvalue weighted by atomic mass is 9.96. The number of hydrogen-bond donors (Lipinski definition) is 2. The number of rotatable bonds is 5. The fourth-order valence-corrected chi connectivity index (χ4v) is 3.61. The smallest absolute Gasteiger partial charge is 0.262 e. The van der Waals surface area contributed by atoms with Gasteiger partial charge < -0.3 is 20.4 Å². The third kappa shape index (κ3) is 3.93. The molecule has 1 aliphatic rings. The summed E-state index contributed by atoms with van der Waals surface area (Å²) in [5.41, 5.74) is 6.12. The molecule has 27 heavy (non-hydrogen) atoms. The van der Waals surface area contributed by atoms with Gasteiger partial charge in [-0.1, -0.05) is 0 Å². The van der Waals surface area contributed by atoms with Crippen LogP contribution in [0.5, 0.6) is 0 Å². The van der Waals surface area contributed by atoms with E-state index in [1.54, 1.807) is 30.2 Å². The Balaban J connectivity index is 1.86. The molecule has 9 heteroatoms. The van der Waals surface area contributed by atoms with Crippen LogP contribution in [0.4, 0.5) is 0 Å². The van der Waals surface area contributed by atoms with Gasteiger partial charge in [-0.05, 0) is 43.3 Å². The molecule has 3 rings (SSSR count). The van der Waals surface area contributed by atoms with Gasteiger partial charge in [-0.25, -0.2) is 0 Å². The Morgan fingerprint density at radius 2 is 2.04 bits per heavy atom. The number of aromatic nitrogens is 2. The first-order chi connectivity index (χ1) is 12.9. The second-order valence-corrected chi connectivity index (χ2v) is 7.00. The van der Waals surface area contributed by atoms with E-state index in [9.17, 15) is 14.4 Å². The van der Waals surface area contributed by atoms with Crippen LogP contribution in [0.2, 0.25) is 0 Å². The van der Waals surface area contributed by atoms with E-state index >= 15 is 0 Å². The Hall–Kier alpha value is -2.52. The number of methoxy groups -OCH3 is 1. The number of carbonyl (C=O) groups is 2. The standard InChI is InChI=1S/C18H22N4O4S/c1-26-9-8-22-17(25)13-3-2-12(10-14(13)20-18(22)27)16(24)21-6-4-11(5-7-21)15(19)23/h2-3,10-11H,4-9H2,1H3,(H2,19,23)(H,20,27). The van der Waals surface area contributed by atoms with Gasteiger partial charge in [0.25, 0.3) is 11.5 Å². The predicted octanol–water partition coefficient (Wildman–Crippen LogP) is 1.04. The van der Waals surface area contributed by atoms with Crippen molar-refractivity contribution in [1.29, 1.82) is 0 Å². The number of fused-ring (bicyclic) bond motifs is 1. The molecule has 1 aromatic heterocycles. The van der Waals surface area contributed by atoms with Gasteiger partial charge in [-0.15, -0.1) is 0 Å². The minimum Gasteiger partial charge on any atom is -0.383 e. The largest absolute Gasteiger partial charge is 0.383 e. The highest BCUT2D eigenvalue weighted by Gasteiger charge is 2.26. The number of nitrogens with zero attached hydrogens (tertiary/aromatic N) is 2. The van der Waals surface area contributed by atoms with Crippen LogP contribution in [-0.2, 0) is 16.1 Å². The van der Waals surface area contributed by atoms with Crippen molar-refractivity contribution in [2.24, 2.45) is 11.7 Å². The first kappa shape index (κ1) is 19.2. The van der Waals surface area contributed by atoms with Crippen LogP contribution in [0.25, 0.3) is 10.9 Å². The average molecular weight is 390 g/mol. The van der Waals surface area contributed by atoms with E-state index in [1.165, 1.54) is 4.57 Å². The van der Waals surface area contributed by atoms with E-state index in [2.05, 4.69) is 4.98 Å². The molecule has 0 bridgehead atoms. The number of primary amides is 1. The number of nitrogens with two attached hydrogens (primary N) is 1. The Morgan fingerprint density at radius 3 is 2.67 bits per heavy atom. The molecule has 1 aromatic carbocycles. The van der Waals surface area contributed by atoms with E-state index in [1.807, 2.05) is 0 Å². The summed E-state index contributed by atoms with van der Waals surface area (Å²) >= 11 is 5.26. The van der Waals surface area contributed by atoms with Crippen molar-refractivity contribution >= 4 is 34.9 Å². The molecule has 2 heterocycles. The molecule has 0 aliphatic carbocycles. The van der Waals surface area contributed by atoms with Crippen molar-refractivity contribution in [3.8, 4) is 0 Å². The Morgan fingerprint density at radius 1 is 1.33 bits per heavy atom. The van der Waals surface area contributed by atoms with Crippen LogP contribution in [0.3, 0.4) is 0 Å². The summed E-state index contributed by atoms with van der Waals surface area (Å²) in [6.07, 6.45) is 1.14. The number of piperidine rings is 1. The van der Waals surface area contributed by atoms with Crippen molar-refractivity contribution < 1.29 is 14.3 Å². The van der Waals surface area contributed by atoms with Crippen LogP contribution < -0.4 is 11.3 Å². The van der Waals surface area contributed by atoms with E-state index < -0.39 is 0 Å². The number of likely N-dealkylation sites (tertiary alicyclic amines) is 1. The SMILES string of the molecule is COCCn1c(=S)[nH]c2cc(C(=O)N3CCC(C(N)=O)CC3)ccc2c1=O. The molecule has 2 aromatic rings. The third-order valence-corrected chi connectivity index (χ3v) is 5.25. The van der Waals surface area contributed by atoms with E-state index in [0.29, 0.717) is 55.5 Å². The van der Waals surface area contributed by atoms with Gasteiger partial charge in [0.15, 0.2) is 4.77 Å². The van der Waals surface area contributed by atoms with Crippen molar-refractivity contribution in [1.82, 2.24) is 14.5 Å². The number of nitrogens with one attached hydrogen (secondary N) is 1. The monoisotopic (exact) mass is 390 g/mol. The highest BCUT2D eigenvalue weighted by atomic mass is 32.1. The Bertz CT molecular complexity index is 989. The number of benzene rings is 1. The van der Waals surface area contributed by atoms with Gasteiger partial charge in [0.2, 0.25) is 5.91 Å². The maximum atomic E-state index is 12.8. The summed E-state index contributed by atoms with van der Waals surface area (Å²) in [6.45, 7) is 1.70. The zero-order valence-electron chi connectivity index (χ0n) is 15.1. The van der Waals surface area contributed by atoms with Crippen LogP contribution in [0, 0.1) is 10.7 Å². The fourth-order valence-electron chi connectivity index (χ4n) is 3.32. The molecular formula is C18H22N4O4S. The van der Waals surface area contributed by atoms with Crippen LogP contribution in [-0.4, -0.2) is 53.1 Å². The lowest BCUT2D eigenvalue weighted by Gasteiger charge is -2.30.